The normalized spacial score (nSPS) is 15.3. The minimum atomic E-state index is -1.49. The minimum absolute atomic E-state index is 0.168. The van der Waals surface area contributed by atoms with Crippen molar-refractivity contribution < 1.29 is 27.8 Å². The molecule has 1 aliphatic rings. The highest BCUT2D eigenvalue weighted by Gasteiger charge is 2.40. The van der Waals surface area contributed by atoms with Gasteiger partial charge in [0.1, 0.15) is 5.75 Å². The Morgan fingerprint density at radius 3 is 2.46 bits per heavy atom. The topological polar surface area (TPSA) is 77.9 Å². The Kier molecular flexibility index (Phi) is 8.84. The van der Waals surface area contributed by atoms with Crippen molar-refractivity contribution in [3.63, 3.8) is 0 Å². The number of aryl methyl sites for hydroxylation is 1. The number of aromatic nitrogens is 1. The molecule has 1 aliphatic heterocycles. The number of hydrogen-bond acceptors (Lipinski definition) is 6. The maximum Gasteiger partial charge on any atom is 0.309 e. The third-order valence-corrected chi connectivity index (χ3v) is 7.74. The SMILES string of the molecule is COc1ccc2ncc(N(C)C)c(CCCC3(C(=O)O)CCN(CCNc4cc(F)c(F)c(F)c4)CC3)c2c1. The van der Waals surface area contributed by atoms with Gasteiger partial charge >= 0.3 is 5.97 Å². The lowest BCUT2D eigenvalue weighted by molar-refractivity contribution is -0.152. The Balaban J connectivity index is 1.36. The zero-order valence-corrected chi connectivity index (χ0v) is 22.6. The number of halogens is 3. The van der Waals surface area contributed by atoms with Crippen LogP contribution in [0.25, 0.3) is 10.9 Å². The van der Waals surface area contributed by atoms with E-state index in [0.29, 0.717) is 58.3 Å². The van der Waals surface area contributed by atoms with Crippen LogP contribution in [-0.4, -0.2) is 68.3 Å². The molecule has 0 amide bonds. The molecule has 2 N–H and O–H groups in total. The monoisotopic (exact) mass is 544 g/mol. The van der Waals surface area contributed by atoms with Gasteiger partial charge in [0.05, 0.1) is 29.9 Å². The van der Waals surface area contributed by atoms with E-state index in [1.165, 1.54) is 0 Å². The van der Waals surface area contributed by atoms with Gasteiger partial charge in [-0.15, -0.1) is 0 Å². The second-order valence-electron chi connectivity index (χ2n) is 10.4. The van der Waals surface area contributed by atoms with Crippen molar-refractivity contribution in [1.82, 2.24) is 9.88 Å². The molecule has 39 heavy (non-hydrogen) atoms. The van der Waals surface area contributed by atoms with Gasteiger partial charge in [-0.05, 0) is 69.0 Å². The first-order chi connectivity index (χ1) is 18.6. The van der Waals surface area contributed by atoms with Crippen LogP contribution in [0.4, 0.5) is 24.5 Å². The average molecular weight is 545 g/mol. The molecule has 1 aromatic heterocycles. The fraction of sp³-hybridized carbons (Fsp3) is 0.448. The summed E-state index contributed by atoms with van der Waals surface area (Å²) in [5.41, 5.74) is 2.37. The largest absolute Gasteiger partial charge is 0.497 e. The number of anilines is 2. The van der Waals surface area contributed by atoms with Crippen LogP contribution >= 0.6 is 0 Å². The first kappa shape index (κ1) is 28.5. The van der Waals surface area contributed by atoms with Gasteiger partial charge in [-0.3, -0.25) is 9.78 Å². The summed E-state index contributed by atoms with van der Waals surface area (Å²) >= 11 is 0. The standard InChI is InChI=1S/C29H35F3N4O3/c1-35(2)26-18-34-25-7-6-20(39-3)17-22(25)21(26)5-4-8-29(28(37)38)9-12-36(13-10-29)14-11-33-19-15-23(30)27(32)24(31)16-19/h6-7,15-18,33H,4-5,8-14H2,1-3H3,(H,37,38). The van der Waals surface area contributed by atoms with E-state index in [-0.39, 0.29) is 5.69 Å². The molecule has 2 heterocycles. The molecule has 3 aromatic rings. The van der Waals surface area contributed by atoms with Gasteiger partial charge in [0, 0.05) is 50.4 Å². The van der Waals surface area contributed by atoms with Crippen LogP contribution in [0.2, 0.25) is 0 Å². The summed E-state index contributed by atoms with van der Waals surface area (Å²) < 4.78 is 45.5. The highest BCUT2D eigenvalue weighted by atomic mass is 19.2. The van der Waals surface area contributed by atoms with E-state index in [1.807, 2.05) is 43.4 Å². The molecule has 210 valence electrons. The number of nitrogens with one attached hydrogen (secondary N) is 1. The number of aliphatic carboxylic acids is 1. The smallest absolute Gasteiger partial charge is 0.309 e. The maximum absolute atomic E-state index is 13.4. The van der Waals surface area contributed by atoms with Crippen LogP contribution in [-0.2, 0) is 11.2 Å². The van der Waals surface area contributed by atoms with E-state index < -0.39 is 28.8 Å². The number of fused-ring (bicyclic) bond motifs is 1. The van der Waals surface area contributed by atoms with Crippen molar-refractivity contribution in [3.8, 4) is 5.75 Å². The van der Waals surface area contributed by atoms with Gasteiger partial charge in [-0.2, -0.15) is 0 Å². The number of pyridine rings is 1. The number of piperidine rings is 1. The highest BCUT2D eigenvalue weighted by molar-refractivity contribution is 5.88. The number of carboxylic acid groups (broad SMARTS) is 1. The zero-order valence-electron chi connectivity index (χ0n) is 22.6. The van der Waals surface area contributed by atoms with Crippen molar-refractivity contribution in [2.45, 2.75) is 32.1 Å². The molecular weight excluding hydrogens is 509 g/mol. The maximum atomic E-state index is 13.4. The van der Waals surface area contributed by atoms with E-state index in [0.717, 1.165) is 40.0 Å². The molecule has 0 unspecified atom stereocenters. The van der Waals surface area contributed by atoms with Crippen LogP contribution in [0.15, 0.2) is 36.5 Å². The number of likely N-dealkylation sites (tertiary alicyclic amines) is 1. The summed E-state index contributed by atoms with van der Waals surface area (Å²) in [4.78, 5) is 21.2. The summed E-state index contributed by atoms with van der Waals surface area (Å²) in [6.45, 7) is 2.20. The van der Waals surface area contributed by atoms with Crippen LogP contribution in [0.1, 0.15) is 31.2 Å². The molecule has 0 bridgehead atoms. The Bertz CT molecular complexity index is 1300. The number of nitrogens with zero attached hydrogens (tertiary/aromatic N) is 3. The number of hydrogen-bond donors (Lipinski definition) is 2. The average Bonchev–Trinajstić information content (AvgIpc) is 2.92. The number of rotatable bonds is 11. The van der Waals surface area contributed by atoms with Crippen LogP contribution in [0.3, 0.4) is 0 Å². The molecule has 0 aliphatic carbocycles. The predicted octanol–water partition coefficient (Wildman–Crippen LogP) is 5.33. The van der Waals surface area contributed by atoms with Gasteiger partial charge in [0.15, 0.2) is 17.5 Å². The fourth-order valence-electron chi connectivity index (χ4n) is 5.39. The number of benzene rings is 2. The van der Waals surface area contributed by atoms with Crippen LogP contribution < -0.4 is 15.0 Å². The molecule has 0 radical (unpaired) electrons. The molecule has 1 saturated heterocycles. The van der Waals surface area contributed by atoms with E-state index >= 15 is 0 Å². The summed E-state index contributed by atoms with van der Waals surface area (Å²) in [6.07, 6.45) is 4.89. The molecule has 10 heteroatoms. The summed E-state index contributed by atoms with van der Waals surface area (Å²) in [7, 11) is 5.57. The van der Waals surface area contributed by atoms with Gasteiger partial charge in [-0.1, -0.05) is 0 Å². The Hall–Kier alpha value is -3.53. The fourth-order valence-corrected chi connectivity index (χ4v) is 5.39. The van der Waals surface area contributed by atoms with Gasteiger partial charge < -0.3 is 25.0 Å². The van der Waals surface area contributed by atoms with E-state index in [4.69, 9.17) is 4.74 Å². The van der Waals surface area contributed by atoms with Gasteiger partial charge in [-0.25, -0.2) is 13.2 Å². The van der Waals surface area contributed by atoms with Crippen molar-refractivity contribution >= 4 is 28.2 Å². The molecule has 2 aromatic carbocycles. The number of methoxy groups -OCH3 is 1. The van der Waals surface area contributed by atoms with E-state index in [1.54, 1.807) is 7.11 Å². The van der Waals surface area contributed by atoms with Crippen LogP contribution in [0.5, 0.6) is 5.75 Å². The second-order valence-corrected chi connectivity index (χ2v) is 10.4. The third kappa shape index (κ3) is 6.38. The summed E-state index contributed by atoms with van der Waals surface area (Å²) in [5, 5.41) is 14.1. The molecule has 4 rings (SSSR count). The van der Waals surface area contributed by atoms with Gasteiger partial charge in [0.2, 0.25) is 0 Å². The number of carbonyl (C=O) groups is 1. The lowest BCUT2D eigenvalue weighted by Crippen LogP contribution is -2.45. The minimum Gasteiger partial charge on any atom is -0.497 e. The van der Waals surface area contributed by atoms with Gasteiger partial charge in [0.25, 0.3) is 0 Å². The molecule has 0 spiro atoms. The predicted molar refractivity (Wildman–Crippen MR) is 146 cm³/mol. The van der Waals surface area contributed by atoms with E-state index in [2.05, 4.69) is 15.2 Å². The first-order valence-corrected chi connectivity index (χ1v) is 13.1. The van der Waals surface area contributed by atoms with Crippen molar-refractivity contribution in [2.75, 3.05) is 57.6 Å². The zero-order chi connectivity index (χ0) is 28.2. The molecule has 1 fully saturated rings. The lowest BCUT2D eigenvalue weighted by Gasteiger charge is -2.39. The molecular formula is C29H35F3N4O3. The first-order valence-electron chi connectivity index (χ1n) is 13.1. The second kappa shape index (κ2) is 12.1. The molecule has 0 saturated carbocycles. The lowest BCUT2D eigenvalue weighted by atomic mass is 9.74. The Labute approximate surface area is 226 Å². The quantitative estimate of drug-likeness (QED) is 0.316. The summed E-state index contributed by atoms with van der Waals surface area (Å²) in [6, 6.07) is 7.65. The van der Waals surface area contributed by atoms with Crippen molar-refractivity contribution in [3.05, 3.63) is 59.5 Å². The molecule has 7 nitrogen and oxygen atoms in total. The Morgan fingerprint density at radius 1 is 1.15 bits per heavy atom. The highest BCUT2D eigenvalue weighted by Crippen LogP contribution is 2.38. The van der Waals surface area contributed by atoms with Crippen molar-refractivity contribution in [2.24, 2.45) is 5.41 Å². The number of ether oxygens (including phenoxy) is 1. The Morgan fingerprint density at radius 2 is 1.85 bits per heavy atom. The van der Waals surface area contributed by atoms with Crippen LogP contribution in [0, 0.1) is 22.9 Å². The third-order valence-electron chi connectivity index (χ3n) is 7.74. The molecule has 0 atom stereocenters. The number of carboxylic acids is 1. The summed E-state index contributed by atoms with van der Waals surface area (Å²) in [5.74, 6) is -3.99. The van der Waals surface area contributed by atoms with E-state index in [9.17, 15) is 23.1 Å². The van der Waals surface area contributed by atoms with Crippen molar-refractivity contribution in [1.29, 1.82) is 0 Å².